The maximum atomic E-state index is 12.8. The second-order valence-corrected chi connectivity index (χ2v) is 10.3. The summed E-state index contributed by atoms with van der Waals surface area (Å²) >= 11 is 7.95. The van der Waals surface area contributed by atoms with E-state index in [-0.39, 0.29) is 5.56 Å². The van der Waals surface area contributed by atoms with E-state index in [1.165, 1.54) is 29.3 Å². The van der Waals surface area contributed by atoms with Crippen molar-refractivity contribution in [1.82, 2.24) is 24.3 Å². The zero-order valence-electron chi connectivity index (χ0n) is 20.1. The van der Waals surface area contributed by atoms with Crippen molar-refractivity contribution < 1.29 is 0 Å². The fraction of sp³-hybridized carbons (Fsp3) is 0.185. The van der Waals surface area contributed by atoms with Crippen LogP contribution in [0.5, 0.6) is 0 Å². The first-order valence-corrected chi connectivity index (χ1v) is 13.2. The average Bonchev–Trinajstić information content (AvgIpc) is 3.31. The molecule has 0 amide bonds. The fourth-order valence-electron chi connectivity index (χ4n) is 4.47. The number of benzene rings is 2. The van der Waals surface area contributed by atoms with Crippen molar-refractivity contribution in [2.75, 3.05) is 43.4 Å². The summed E-state index contributed by atoms with van der Waals surface area (Å²) in [7, 11) is 2.16. The molecule has 0 saturated carbocycles. The van der Waals surface area contributed by atoms with Crippen LogP contribution in [0.4, 0.5) is 17.3 Å². The van der Waals surface area contributed by atoms with Gasteiger partial charge in [0.2, 0.25) is 5.95 Å². The van der Waals surface area contributed by atoms with Crippen LogP contribution < -0.4 is 15.8 Å². The van der Waals surface area contributed by atoms with Crippen molar-refractivity contribution in [3.63, 3.8) is 0 Å². The minimum absolute atomic E-state index is 0.171. The molecule has 6 rings (SSSR count). The Morgan fingerprint density at radius 1 is 0.919 bits per heavy atom. The van der Waals surface area contributed by atoms with E-state index in [4.69, 9.17) is 16.6 Å². The molecule has 1 aliphatic rings. The summed E-state index contributed by atoms with van der Waals surface area (Å²) in [5, 5.41) is 3.86. The number of anilines is 3. The number of rotatable bonds is 5. The molecule has 37 heavy (non-hydrogen) atoms. The maximum absolute atomic E-state index is 12.8. The van der Waals surface area contributed by atoms with Crippen LogP contribution in [0, 0.1) is 0 Å². The minimum Gasteiger partial charge on any atom is -0.369 e. The molecule has 0 aliphatic carbocycles. The van der Waals surface area contributed by atoms with E-state index in [1.807, 2.05) is 42.5 Å². The van der Waals surface area contributed by atoms with Gasteiger partial charge in [-0.25, -0.2) is 15.0 Å². The van der Waals surface area contributed by atoms with Gasteiger partial charge in [0.1, 0.15) is 0 Å². The molecule has 1 saturated heterocycles. The number of hydrogen-bond donors (Lipinski definition) is 1. The molecule has 10 heteroatoms. The standard InChI is InChI=1S/C27H24ClN7OS/c1-33-14-16-34(17-15-33)19-8-6-18(7-9-19)31-26-29-12-10-22(32-26)25-24(20-4-2-3-5-21(20)28)35-23(36)11-13-30-27(35)37-25/h2-13H,14-17H2,1H3,(H,29,31,32). The maximum Gasteiger partial charge on any atom is 0.258 e. The van der Waals surface area contributed by atoms with Gasteiger partial charge in [-0.15, -0.1) is 0 Å². The Hall–Kier alpha value is -3.79. The molecule has 5 aromatic rings. The van der Waals surface area contributed by atoms with Crippen molar-refractivity contribution in [3.05, 3.63) is 88.4 Å². The van der Waals surface area contributed by atoms with Gasteiger partial charge >= 0.3 is 0 Å². The third-order valence-corrected chi connectivity index (χ3v) is 7.86. The summed E-state index contributed by atoms with van der Waals surface area (Å²) < 4.78 is 1.59. The van der Waals surface area contributed by atoms with Gasteiger partial charge in [0.25, 0.3) is 5.56 Å². The molecule has 8 nitrogen and oxygen atoms in total. The Balaban J connectivity index is 1.34. The number of fused-ring (bicyclic) bond motifs is 1. The summed E-state index contributed by atoms with van der Waals surface area (Å²) in [6.45, 7) is 4.18. The van der Waals surface area contributed by atoms with Crippen molar-refractivity contribution >= 4 is 45.2 Å². The van der Waals surface area contributed by atoms with E-state index >= 15 is 0 Å². The second kappa shape index (κ2) is 9.93. The predicted molar refractivity (Wildman–Crippen MR) is 150 cm³/mol. The molecule has 4 heterocycles. The second-order valence-electron chi connectivity index (χ2n) is 8.89. The normalized spacial score (nSPS) is 14.3. The fourth-order valence-corrected chi connectivity index (χ4v) is 5.78. The highest BCUT2D eigenvalue weighted by Gasteiger charge is 2.21. The molecule has 1 fully saturated rings. The first-order valence-electron chi connectivity index (χ1n) is 12.0. The van der Waals surface area contributed by atoms with Gasteiger partial charge in [0.15, 0.2) is 4.96 Å². The summed E-state index contributed by atoms with van der Waals surface area (Å²) in [6, 6.07) is 19.1. The third kappa shape index (κ3) is 4.69. The Morgan fingerprint density at radius 2 is 1.68 bits per heavy atom. The van der Waals surface area contributed by atoms with E-state index in [0.717, 1.165) is 42.3 Å². The van der Waals surface area contributed by atoms with E-state index in [2.05, 4.69) is 44.3 Å². The molecule has 2 aromatic carbocycles. The molecule has 1 N–H and O–H groups in total. The molecule has 0 radical (unpaired) electrons. The molecular formula is C27H24ClN7OS. The molecule has 0 spiro atoms. The van der Waals surface area contributed by atoms with Crippen molar-refractivity contribution in [2.24, 2.45) is 0 Å². The number of hydrogen-bond acceptors (Lipinski definition) is 8. The number of thiazole rings is 1. The number of likely N-dealkylation sites (N-methyl/N-ethyl adjacent to an activating group) is 1. The van der Waals surface area contributed by atoms with E-state index in [9.17, 15) is 4.79 Å². The van der Waals surface area contributed by atoms with Crippen LogP contribution >= 0.6 is 22.9 Å². The summed E-state index contributed by atoms with van der Waals surface area (Å²) in [6.07, 6.45) is 3.23. The lowest BCUT2D eigenvalue weighted by Crippen LogP contribution is -2.44. The van der Waals surface area contributed by atoms with Crippen LogP contribution in [0.3, 0.4) is 0 Å². The van der Waals surface area contributed by atoms with Crippen LogP contribution in [0.25, 0.3) is 26.8 Å². The van der Waals surface area contributed by atoms with E-state index < -0.39 is 0 Å². The predicted octanol–water partition coefficient (Wildman–Crippen LogP) is 5.03. The van der Waals surface area contributed by atoms with Crippen molar-refractivity contribution in [3.8, 4) is 21.8 Å². The number of piperazine rings is 1. The Bertz CT molecular complexity index is 1620. The molecular weight excluding hydrogens is 506 g/mol. The van der Waals surface area contributed by atoms with E-state index in [0.29, 0.717) is 27.3 Å². The Labute approximate surface area is 222 Å². The average molecular weight is 530 g/mol. The highest BCUT2D eigenvalue weighted by atomic mass is 35.5. The third-order valence-electron chi connectivity index (χ3n) is 6.45. The smallest absolute Gasteiger partial charge is 0.258 e. The topological polar surface area (TPSA) is 78.7 Å². The summed E-state index contributed by atoms with van der Waals surface area (Å²) in [5.41, 5.74) is 4.03. The first kappa shape index (κ1) is 23.6. The van der Waals surface area contributed by atoms with Crippen LogP contribution in [-0.2, 0) is 0 Å². The van der Waals surface area contributed by atoms with Crippen LogP contribution in [0.15, 0.2) is 77.9 Å². The van der Waals surface area contributed by atoms with Crippen LogP contribution in [0.1, 0.15) is 0 Å². The number of halogens is 1. The van der Waals surface area contributed by atoms with Crippen LogP contribution in [-0.4, -0.2) is 57.5 Å². The first-order chi connectivity index (χ1) is 18.1. The van der Waals surface area contributed by atoms with E-state index in [1.54, 1.807) is 10.6 Å². The van der Waals surface area contributed by atoms with Gasteiger partial charge in [-0.1, -0.05) is 41.1 Å². The Kier molecular flexibility index (Phi) is 6.33. The lowest BCUT2D eigenvalue weighted by Gasteiger charge is -2.34. The molecule has 0 bridgehead atoms. The lowest BCUT2D eigenvalue weighted by atomic mass is 10.1. The molecule has 0 unspecified atom stereocenters. The summed E-state index contributed by atoms with van der Waals surface area (Å²) in [4.78, 5) is 32.6. The number of nitrogens with one attached hydrogen (secondary N) is 1. The van der Waals surface area contributed by atoms with Gasteiger partial charge in [0, 0.05) is 66.6 Å². The van der Waals surface area contributed by atoms with Gasteiger partial charge in [-0.2, -0.15) is 0 Å². The number of aromatic nitrogens is 4. The van der Waals surface area contributed by atoms with Crippen molar-refractivity contribution in [1.29, 1.82) is 0 Å². The number of nitrogens with zero attached hydrogens (tertiary/aromatic N) is 6. The van der Waals surface area contributed by atoms with Gasteiger partial charge in [-0.3, -0.25) is 9.20 Å². The van der Waals surface area contributed by atoms with Gasteiger partial charge < -0.3 is 15.1 Å². The SMILES string of the molecule is CN1CCN(c2ccc(Nc3nccc(-c4sc5nccc(=O)n5c4-c4ccccc4Cl)n3)cc2)CC1. The molecule has 3 aromatic heterocycles. The summed E-state index contributed by atoms with van der Waals surface area (Å²) in [5.74, 6) is 0.465. The van der Waals surface area contributed by atoms with Crippen molar-refractivity contribution in [2.45, 2.75) is 0 Å². The zero-order valence-corrected chi connectivity index (χ0v) is 21.7. The highest BCUT2D eigenvalue weighted by molar-refractivity contribution is 7.20. The van der Waals surface area contributed by atoms with Gasteiger partial charge in [0.05, 0.1) is 16.3 Å². The quantitative estimate of drug-likeness (QED) is 0.342. The lowest BCUT2D eigenvalue weighted by molar-refractivity contribution is 0.313. The highest BCUT2D eigenvalue weighted by Crippen LogP contribution is 2.40. The van der Waals surface area contributed by atoms with Crippen LogP contribution in [0.2, 0.25) is 5.02 Å². The molecule has 186 valence electrons. The zero-order chi connectivity index (χ0) is 25.4. The minimum atomic E-state index is -0.171. The Morgan fingerprint density at radius 3 is 2.46 bits per heavy atom. The molecule has 0 atom stereocenters. The monoisotopic (exact) mass is 529 g/mol. The largest absolute Gasteiger partial charge is 0.369 e. The van der Waals surface area contributed by atoms with Gasteiger partial charge in [-0.05, 0) is 43.4 Å². The molecule has 1 aliphatic heterocycles.